The number of anilines is 1. The third kappa shape index (κ3) is 5.13. The summed E-state index contributed by atoms with van der Waals surface area (Å²) < 4.78 is 0. The second-order valence-electron chi connectivity index (χ2n) is 9.33. The fourth-order valence-electron chi connectivity index (χ4n) is 5.44. The van der Waals surface area contributed by atoms with Gasteiger partial charge in [-0.1, -0.05) is 31.4 Å². The van der Waals surface area contributed by atoms with E-state index in [1.807, 2.05) is 0 Å². The number of amides is 1. The highest BCUT2D eigenvalue weighted by Crippen LogP contribution is 2.24. The summed E-state index contributed by atoms with van der Waals surface area (Å²) in [6, 6.07) is 9.97. The zero-order valence-electron chi connectivity index (χ0n) is 18.4. The molecular formula is C24H38N4O. The normalized spacial score (nSPS) is 25.4. The zero-order chi connectivity index (χ0) is 20.2. The highest BCUT2D eigenvalue weighted by atomic mass is 16.2. The Morgan fingerprint density at radius 2 is 1.76 bits per heavy atom. The summed E-state index contributed by atoms with van der Waals surface area (Å²) in [5, 5.41) is 0. The van der Waals surface area contributed by atoms with Gasteiger partial charge in [0.1, 0.15) is 0 Å². The van der Waals surface area contributed by atoms with Crippen LogP contribution < -0.4 is 4.90 Å². The predicted molar refractivity (Wildman–Crippen MR) is 119 cm³/mol. The van der Waals surface area contributed by atoms with Gasteiger partial charge in [-0.05, 0) is 44.4 Å². The van der Waals surface area contributed by atoms with Crippen molar-refractivity contribution >= 4 is 11.6 Å². The first-order valence-electron chi connectivity index (χ1n) is 11.7. The molecule has 3 aliphatic rings. The van der Waals surface area contributed by atoms with Gasteiger partial charge in [-0.15, -0.1) is 0 Å². The Hall–Kier alpha value is -1.59. The van der Waals surface area contributed by atoms with Gasteiger partial charge < -0.3 is 9.80 Å². The Morgan fingerprint density at radius 3 is 2.45 bits per heavy atom. The zero-order valence-corrected chi connectivity index (χ0v) is 18.4. The van der Waals surface area contributed by atoms with Crippen molar-refractivity contribution in [3.63, 3.8) is 0 Å². The molecule has 1 aliphatic carbocycles. The molecule has 1 aromatic rings. The number of rotatable bonds is 4. The molecule has 1 atom stereocenters. The molecule has 0 aromatic heterocycles. The van der Waals surface area contributed by atoms with Crippen molar-refractivity contribution in [2.24, 2.45) is 0 Å². The van der Waals surface area contributed by atoms with E-state index in [1.165, 1.54) is 43.4 Å². The van der Waals surface area contributed by atoms with Gasteiger partial charge in [-0.25, -0.2) is 0 Å². The van der Waals surface area contributed by atoms with Crippen molar-refractivity contribution < 1.29 is 4.79 Å². The fourth-order valence-corrected chi connectivity index (χ4v) is 5.44. The maximum Gasteiger partial charge on any atom is 0.236 e. The lowest BCUT2D eigenvalue weighted by molar-refractivity contribution is -0.134. The van der Waals surface area contributed by atoms with E-state index < -0.39 is 0 Å². The van der Waals surface area contributed by atoms with Crippen LogP contribution in [0.5, 0.6) is 0 Å². The van der Waals surface area contributed by atoms with Crippen LogP contribution in [0.4, 0.5) is 5.69 Å². The number of nitrogens with zero attached hydrogens (tertiary/aromatic N) is 4. The summed E-state index contributed by atoms with van der Waals surface area (Å²) in [5.41, 5.74) is 2.61. The van der Waals surface area contributed by atoms with Crippen molar-refractivity contribution in [1.82, 2.24) is 14.7 Å². The highest BCUT2D eigenvalue weighted by Gasteiger charge is 2.29. The van der Waals surface area contributed by atoms with Gasteiger partial charge >= 0.3 is 0 Å². The lowest BCUT2D eigenvalue weighted by Gasteiger charge is -2.43. The topological polar surface area (TPSA) is 30.0 Å². The molecular weight excluding hydrogens is 360 g/mol. The minimum atomic E-state index is 0.324. The van der Waals surface area contributed by atoms with E-state index in [2.05, 4.69) is 57.7 Å². The quantitative estimate of drug-likeness (QED) is 0.780. The first-order valence-corrected chi connectivity index (χ1v) is 11.7. The van der Waals surface area contributed by atoms with Crippen molar-refractivity contribution in [2.45, 2.75) is 58.0 Å². The van der Waals surface area contributed by atoms with Gasteiger partial charge in [0.2, 0.25) is 5.91 Å². The van der Waals surface area contributed by atoms with Crippen LogP contribution in [-0.4, -0.2) is 85.0 Å². The van der Waals surface area contributed by atoms with Crippen LogP contribution in [0.1, 0.15) is 44.6 Å². The minimum absolute atomic E-state index is 0.324. The van der Waals surface area contributed by atoms with E-state index in [-0.39, 0.29) is 0 Å². The van der Waals surface area contributed by atoms with E-state index in [4.69, 9.17) is 0 Å². The van der Waals surface area contributed by atoms with Gasteiger partial charge in [-0.2, -0.15) is 0 Å². The van der Waals surface area contributed by atoms with Crippen LogP contribution in [0.3, 0.4) is 0 Å². The van der Waals surface area contributed by atoms with Crippen LogP contribution in [0.15, 0.2) is 24.3 Å². The van der Waals surface area contributed by atoms with Crippen molar-refractivity contribution in [2.75, 3.05) is 57.3 Å². The number of hydrogen-bond donors (Lipinski definition) is 0. The molecule has 0 spiro atoms. The van der Waals surface area contributed by atoms with Crippen LogP contribution in [0, 0.1) is 6.92 Å². The third-order valence-electron chi connectivity index (χ3n) is 7.16. The first kappa shape index (κ1) is 20.7. The highest BCUT2D eigenvalue weighted by molar-refractivity contribution is 5.78. The van der Waals surface area contributed by atoms with E-state index in [1.54, 1.807) is 0 Å². The largest absolute Gasteiger partial charge is 0.366 e. The molecule has 0 radical (unpaired) electrons. The third-order valence-corrected chi connectivity index (χ3v) is 7.16. The van der Waals surface area contributed by atoms with E-state index in [9.17, 15) is 4.79 Å². The fraction of sp³-hybridized carbons (Fsp3) is 0.708. The molecule has 160 valence electrons. The summed E-state index contributed by atoms with van der Waals surface area (Å²) in [6.07, 6.45) is 6.89. The molecule has 0 bridgehead atoms. The Kier molecular flexibility index (Phi) is 6.76. The lowest BCUT2D eigenvalue weighted by Crippen LogP contribution is -2.57. The Bertz CT molecular complexity index is 679. The maximum absolute atomic E-state index is 12.9. The molecule has 0 N–H and O–H groups in total. The molecule has 5 heteroatoms. The van der Waals surface area contributed by atoms with Crippen LogP contribution in [0.25, 0.3) is 0 Å². The molecule has 2 aliphatic heterocycles. The SMILES string of the molecule is Cc1cccc(N2CCN(CC(=O)N3CCN(C4CCCCC4)CC3)CC2C)c1. The van der Waals surface area contributed by atoms with E-state index in [0.29, 0.717) is 18.5 Å². The number of benzene rings is 1. The molecule has 4 rings (SSSR count). The average molecular weight is 399 g/mol. The molecule has 5 nitrogen and oxygen atoms in total. The van der Waals surface area contributed by atoms with Crippen molar-refractivity contribution in [3.05, 3.63) is 29.8 Å². The summed E-state index contributed by atoms with van der Waals surface area (Å²) in [4.78, 5) is 22.5. The van der Waals surface area contributed by atoms with Crippen LogP contribution in [0.2, 0.25) is 0 Å². The predicted octanol–water partition coefficient (Wildman–Crippen LogP) is 2.98. The van der Waals surface area contributed by atoms with Gasteiger partial charge in [0.15, 0.2) is 0 Å². The second-order valence-corrected chi connectivity index (χ2v) is 9.33. The second kappa shape index (κ2) is 9.48. The van der Waals surface area contributed by atoms with Crippen molar-refractivity contribution in [3.8, 4) is 0 Å². The number of hydrogen-bond acceptors (Lipinski definition) is 4. The maximum atomic E-state index is 12.9. The molecule has 2 heterocycles. The minimum Gasteiger partial charge on any atom is -0.366 e. The summed E-state index contributed by atoms with van der Waals surface area (Å²) in [5.74, 6) is 0.324. The molecule has 1 amide bonds. The van der Waals surface area contributed by atoms with Gasteiger partial charge in [0, 0.05) is 63.6 Å². The molecule has 1 aromatic carbocycles. The van der Waals surface area contributed by atoms with Crippen LogP contribution in [-0.2, 0) is 4.79 Å². The molecule has 29 heavy (non-hydrogen) atoms. The number of carbonyl (C=O) groups is 1. The Morgan fingerprint density at radius 1 is 1.00 bits per heavy atom. The molecule has 3 fully saturated rings. The molecule has 2 saturated heterocycles. The molecule has 1 unspecified atom stereocenters. The smallest absolute Gasteiger partial charge is 0.236 e. The van der Waals surface area contributed by atoms with Gasteiger partial charge in [0.05, 0.1) is 6.54 Å². The average Bonchev–Trinajstić information content (AvgIpc) is 2.74. The number of carbonyl (C=O) groups excluding carboxylic acids is 1. The van der Waals surface area contributed by atoms with E-state index in [0.717, 1.165) is 51.9 Å². The Labute approximate surface area is 176 Å². The summed E-state index contributed by atoms with van der Waals surface area (Å²) in [7, 11) is 0. The number of piperazine rings is 2. The van der Waals surface area contributed by atoms with Gasteiger partial charge in [-0.3, -0.25) is 14.6 Å². The van der Waals surface area contributed by atoms with E-state index >= 15 is 0 Å². The van der Waals surface area contributed by atoms with Crippen molar-refractivity contribution in [1.29, 1.82) is 0 Å². The standard InChI is InChI=1S/C24H38N4O/c1-20-7-6-10-23(17-20)28-16-11-25(18-21(28)2)19-24(29)27-14-12-26(13-15-27)22-8-4-3-5-9-22/h6-7,10,17,21-22H,3-5,8-9,11-16,18-19H2,1-2H3. The summed E-state index contributed by atoms with van der Waals surface area (Å²) >= 11 is 0. The first-order chi connectivity index (χ1) is 14.1. The molecule has 1 saturated carbocycles. The lowest BCUT2D eigenvalue weighted by atomic mass is 9.94. The van der Waals surface area contributed by atoms with Gasteiger partial charge in [0.25, 0.3) is 0 Å². The van der Waals surface area contributed by atoms with Crippen LogP contribution >= 0.6 is 0 Å². The number of aryl methyl sites for hydroxylation is 1. The Balaban J connectivity index is 1.23. The summed E-state index contributed by atoms with van der Waals surface area (Å²) in [6.45, 7) is 11.9. The monoisotopic (exact) mass is 398 g/mol.